The van der Waals surface area contributed by atoms with Crippen molar-refractivity contribution >= 4 is 23.3 Å². The average molecular weight is 947 g/mol. The summed E-state index contributed by atoms with van der Waals surface area (Å²) in [6, 6.07) is 6.93. The van der Waals surface area contributed by atoms with Crippen LogP contribution in [0.25, 0.3) is 0 Å². The van der Waals surface area contributed by atoms with Crippen LogP contribution in [0.15, 0.2) is 48.1 Å². The van der Waals surface area contributed by atoms with Gasteiger partial charge in [-0.05, 0) is 97.6 Å². The number of hydrogen-bond acceptors (Lipinski definition) is 18. The lowest BCUT2D eigenvalue weighted by Gasteiger charge is -2.56. The van der Waals surface area contributed by atoms with E-state index in [2.05, 4.69) is 0 Å². The summed E-state index contributed by atoms with van der Waals surface area (Å²) in [5, 5.41) is 53.0. The molecule has 0 amide bonds. The third-order valence-electron chi connectivity index (χ3n) is 16.8. The van der Waals surface area contributed by atoms with Gasteiger partial charge in [0.1, 0.15) is 42.4 Å². The number of fused-ring (bicyclic) bond motifs is 9. The number of carbonyl (C=O) groups excluding carboxylic acids is 4. The smallest absolute Gasteiger partial charge is 0.310 e. The number of phenolic OH excluding ortho intramolecular Hbond substituents is 1. The molecule has 2 aromatic rings. The highest BCUT2D eigenvalue weighted by Gasteiger charge is 2.68. The van der Waals surface area contributed by atoms with Crippen molar-refractivity contribution in [1.29, 1.82) is 0 Å². The van der Waals surface area contributed by atoms with Crippen molar-refractivity contribution in [3.8, 4) is 28.7 Å². The molecule has 2 aromatic carbocycles. The quantitative estimate of drug-likeness (QED) is 0.250. The maximum Gasteiger partial charge on any atom is 0.310 e. The maximum absolute atomic E-state index is 13.4. The molecule has 18 nitrogen and oxygen atoms in total. The molecule has 2 unspecified atom stereocenters. The molecule has 4 heterocycles. The highest BCUT2D eigenvalue weighted by molar-refractivity contribution is 6.02. The lowest BCUT2D eigenvalue weighted by atomic mass is 9.46. The molecule has 0 bridgehead atoms. The number of benzene rings is 2. The Morgan fingerprint density at radius 3 is 2.29 bits per heavy atom. The monoisotopic (exact) mass is 946 g/mol. The van der Waals surface area contributed by atoms with Crippen LogP contribution in [0.5, 0.6) is 28.7 Å². The normalized spacial score (nSPS) is 40.5. The van der Waals surface area contributed by atoms with Crippen LogP contribution >= 0.6 is 0 Å². The highest BCUT2D eigenvalue weighted by Crippen LogP contribution is 2.66. The SMILES string of the molecule is COc1cc([C@@H]2c3cc4c(cc3C(O[C@@H]3O[C@@H]5CO[C@@H](C)O[C@H]5[C@H](O)[C@H]3O)C3COC(=O)[C@@H]32)OCO4)cc(OC)c1O.C[C@]12C=CC(=O)C=C1CC[C@@H]1[C@@H]2C(=O)C[C@@]2(C)[C@H]1CC[C@]2(O)C(=O)CO. The number of hydrogen-bond donors (Lipinski definition) is 5. The van der Waals surface area contributed by atoms with Gasteiger partial charge in [0.15, 0.2) is 47.1 Å². The van der Waals surface area contributed by atoms with Gasteiger partial charge < -0.3 is 68.2 Å². The number of carbonyl (C=O) groups is 4. The van der Waals surface area contributed by atoms with Crippen molar-refractivity contribution < 1.29 is 87.3 Å². The minimum Gasteiger partial charge on any atom is -0.502 e. The van der Waals surface area contributed by atoms with Crippen LogP contribution in [0.1, 0.15) is 81.6 Å². The van der Waals surface area contributed by atoms with Crippen molar-refractivity contribution in [3.63, 3.8) is 0 Å². The number of aliphatic hydroxyl groups excluding tert-OH is 3. The van der Waals surface area contributed by atoms with Crippen LogP contribution in [-0.4, -0.2) is 132 Å². The summed E-state index contributed by atoms with van der Waals surface area (Å²) in [6.07, 6.45) is 1.03. The molecule has 366 valence electrons. The lowest BCUT2D eigenvalue weighted by Crippen LogP contribution is -2.63. The molecule has 68 heavy (non-hydrogen) atoms. The zero-order chi connectivity index (χ0) is 48.2. The van der Waals surface area contributed by atoms with E-state index >= 15 is 0 Å². The van der Waals surface area contributed by atoms with E-state index in [1.165, 1.54) is 14.2 Å². The maximum atomic E-state index is 13.4. The Morgan fingerprint density at radius 1 is 0.897 bits per heavy atom. The first-order valence-electron chi connectivity index (χ1n) is 23.3. The summed E-state index contributed by atoms with van der Waals surface area (Å²) in [6.45, 7) is 5.12. The van der Waals surface area contributed by atoms with Crippen LogP contribution in [0.3, 0.4) is 0 Å². The summed E-state index contributed by atoms with van der Waals surface area (Å²) in [4.78, 5) is 50.8. The number of phenols is 1. The summed E-state index contributed by atoms with van der Waals surface area (Å²) in [5.74, 6) is -1.62. The van der Waals surface area contributed by atoms with Crippen molar-refractivity contribution in [2.45, 2.75) is 107 Å². The summed E-state index contributed by atoms with van der Waals surface area (Å²) < 4.78 is 51.5. The van der Waals surface area contributed by atoms with Gasteiger partial charge in [0.2, 0.25) is 12.5 Å². The Bertz CT molecular complexity index is 2440. The Morgan fingerprint density at radius 2 is 1.60 bits per heavy atom. The molecule has 11 rings (SSSR count). The fourth-order valence-electron chi connectivity index (χ4n) is 13.4. The molecular formula is C50H58O18. The largest absolute Gasteiger partial charge is 0.502 e. The van der Waals surface area contributed by atoms with Crippen molar-refractivity contribution in [3.05, 3.63) is 64.8 Å². The molecule has 4 aliphatic heterocycles. The second kappa shape index (κ2) is 17.2. The molecule has 6 fully saturated rings. The molecule has 9 aliphatic rings. The first-order chi connectivity index (χ1) is 32.5. The van der Waals surface area contributed by atoms with Gasteiger partial charge in [-0.15, -0.1) is 0 Å². The molecule has 3 saturated carbocycles. The number of ketones is 3. The highest BCUT2D eigenvalue weighted by atomic mass is 16.8. The van der Waals surface area contributed by atoms with E-state index in [9.17, 15) is 44.7 Å². The molecule has 3 saturated heterocycles. The Kier molecular flexibility index (Phi) is 11.8. The summed E-state index contributed by atoms with van der Waals surface area (Å²) >= 11 is 0. The van der Waals surface area contributed by atoms with E-state index in [-0.39, 0.29) is 73.0 Å². The number of Topliss-reactive ketones (excluding diaryl/α,β-unsaturated/α-hetero) is 2. The standard InChI is InChI=1S/C29H32O13.C21H26O5/c1-11-36-9-20-27(40-11)24(31)25(32)29(41-20)42-26-14-7-17-16(38-10-39-17)6-13(14)21(22-15(26)8-37-28(22)33)12-4-18(34-2)23(30)19(5-12)35-3;1-19-7-5-13(23)9-12(19)3-4-14-15-6-8-21(26,17(25)11-22)20(15,2)10-16(24)18(14)19/h4-7,11,15,20-22,24-27,29-32H,8-10H2,1-3H3;5,7,9,14-15,18,22,26H,3-4,6,8,10-11H2,1-2H3/t11-,15?,20-,21-,22+,24-,25-,26?,27-,29+;14-,15-,18+,19-,20-,21-/m10/s1. The van der Waals surface area contributed by atoms with Gasteiger partial charge >= 0.3 is 5.97 Å². The molecule has 5 N–H and O–H groups in total. The number of cyclic esters (lactones) is 1. The molecule has 18 heteroatoms. The Balaban J connectivity index is 0.000000178. The third-order valence-corrected chi connectivity index (χ3v) is 16.8. The molecule has 0 radical (unpaired) electrons. The molecule has 0 aromatic heterocycles. The minimum absolute atomic E-state index is 0.0206. The zero-order valence-corrected chi connectivity index (χ0v) is 38.5. The zero-order valence-electron chi connectivity index (χ0n) is 38.5. The van der Waals surface area contributed by atoms with Crippen molar-refractivity contribution in [1.82, 2.24) is 0 Å². The van der Waals surface area contributed by atoms with Gasteiger partial charge in [-0.2, -0.15) is 0 Å². The summed E-state index contributed by atoms with van der Waals surface area (Å²) in [7, 11) is 2.86. The Labute approximate surface area is 392 Å². The number of aliphatic hydroxyl groups is 4. The van der Waals surface area contributed by atoms with E-state index in [1.807, 2.05) is 19.9 Å². The van der Waals surface area contributed by atoms with Crippen molar-refractivity contribution in [2.75, 3.05) is 40.8 Å². The fourth-order valence-corrected chi connectivity index (χ4v) is 13.4. The average Bonchev–Trinajstić information content (AvgIpc) is 4.02. The first-order valence-corrected chi connectivity index (χ1v) is 23.3. The van der Waals surface area contributed by atoms with E-state index in [0.29, 0.717) is 41.0 Å². The van der Waals surface area contributed by atoms with Crippen LogP contribution in [0, 0.1) is 40.4 Å². The number of methoxy groups -OCH3 is 2. The predicted molar refractivity (Wildman–Crippen MR) is 232 cm³/mol. The summed E-state index contributed by atoms with van der Waals surface area (Å²) in [5.41, 5.74) is 0.151. The number of aromatic hydroxyl groups is 1. The van der Waals surface area contributed by atoms with E-state index in [4.69, 9.17) is 42.6 Å². The van der Waals surface area contributed by atoms with Gasteiger partial charge in [0.25, 0.3) is 0 Å². The second-order valence-electron chi connectivity index (χ2n) is 20.0. The first kappa shape index (κ1) is 46.8. The van der Waals surface area contributed by atoms with Crippen LogP contribution in [0.4, 0.5) is 0 Å². The molecular weight excluding hydrogens is 889 g/mol. The van der Waals surface area contributed by atoms with E-state index < -0.39 is 95.6 Å². The number of ether oxygens (including phenoxy) is 9. The van der Waals surface area contributed by atoms with Crippen molar-refractivity contribution in [2.24, 2.45) is 40.4 Å². The van der Waals surface area contributed by atoms with Crippen LogP contribution in [0.2, 0.25) is 0 Å². The minimum atomic E-state index is -1.62. The number of esters is 1. The van der Waals surface area contributed by atoms with Gasteiger partial charge in [0, 0.05) is 35.0 Å². The second-order valence-corrected chi connectivity index (χ2v) is 20.0. The van der Waals surface area contributed by atoms with Gasteiger partial charge in [-0.25, -0.2) is 0 Å². The van der Waals surface area contributed by atoms with E-state index in [0.717, 1.165) is 18.4 Å². The van der Waals surface area contributed by atoms with Gasteiger partial charge in [-0.3, -0.25) is 19.2 Å². The number of rotatable bonds is 7. The Hall–Kier alpha value is -4.92. The fraction of sp³-hybridized carbons (Fsp3) is 0.600. The molecule has 0 spiro atoms. The van der Waals surface area contributed by atoms with Crippen LogP contribution < -0.4 is 18.9 Å². The van der Waals surface area contributed by atoms with Gasteiger partial charge in [-0.1, -0.05) is 25.5 Å². The third kappa shape index (κ3) is 7.11. The topological polar surface area (TPSA) is 252 Å². The number of allylic oxidation sites excluding steroid dienone is 4. The van der Waals surface area contributed by atoms with E-state index in [1.54, 1.807) is 43.3 Å². The van der Waals surface area contributed by atoms with Gasteiger partial charge in [0.05, 0.1) is 39.5 Å². The van der Waals surface area contributed by atoms with Crippen LogP contribution in [-0.2, 0) is 42.9 Å². The predicted octanol–water partition coefficient (Wildman–Crippen LogP) is 3.10. The molecule has 16 atom stereocenters. The lowest BCUT2D eigenvalue weighted by molar-refractivity contribution is -0.364. The molecule has 5 aliphatic carbocycles.